The standard InChI is InChI=1S/C22H25N3OS/c1-17-8-9-20(14-18(17)2)27-16-22(26)25-12-10-24(11-13-25)21(15-23)19-6-4-3-5-7-19/h3-9,14,21H,10-13,16H2,1-2H3/t21-/m0/s1. The summed E-state index contributed by atoms with van der Waals surface area (Å²) in [5.74, 6) is 0.633. The molecule has 1 fully saturated rings. The Morgan fingerprint density at radius 3 is 2.41 bits per heavy atom. The van der Waals surface area contributed by atoms with Crippen molar-refractivity contribution in [2.75, 3.05) is 31.9 Å². The van der Waals surface area contributed by atoms with Crippen LogP contribution in [0.25, 0.3) is 0 Å². The second-order valence-electron chi connectivity index (χ2n) is 6.89. The number of nitriles is 1. The van der Waals surface area contributed by atoms with E-state index in [9.17, 15) is 10.1 Å². The molecule has 27 heavy (non-hydrogen) atoms. The summed E-state index contributed by atoms with van der Waals surface area (Å²) in [7, 11) is 0. The molecule has 1 atom stereocenters. The Morgan fingerprint density at radius 2 is 1.78 bits per heavy atom. The smallest absolute Gasteiger partial charge is 0.233 e. The van der Waals surface area contributed by atoms with Crippen LogP contribution in [-0.4, -0.2) is 47.6 Å². The molecule has 0 aromatic heterocycles. The third-order valence-corrected chi connectivity index (χ3v) is 6.09. The summed E-state index contributed by atoms with van der Waals surface area (Å²) >= 11 is 1.60. The van der Waals surface area contributed by atoms with Crippen molar-refractivity contribution in [3.63, 3.8) is 0 Å². The van der Waals surface area contributed by atoms with Crippen molar-refractivity contribution in [3.8, 4) is 6.07 Å². The van der Waals surface area contributed by atoms with Crippen LogP contribution in [-0.2, 0) is 4.79 Å². The number of thioether (sulfide) groups is 1. The van der Waals surface area contributed by atoms with Crippen LogP contribution in [0.2, 0.25) is 0 Å². The van der Waals surface area contributed by atoms with Crippen molar-refractivity contribution in [1.82, 2.24) is 9.80 Å². The highest BCUT2D eigenvalue weighted by Gasteiger charge is 2.26. The van der Waals surface area contributed by atoms with Gasteiger partial charge in [-0.1, -0.05) is 36.4 Å². The molecule has 140 valence electrons. The number of amides is 1. The maximum atomic E-state index is 12.6. The summed E-state index contributed by atoms with van der Waals surface area (Å²) in [5, 5.41) is 9.58. The molecule has 0 radical (unpaired) electrons. The number of hydrogen-bond donors (Lipinski definition) is 0. The molecule has 1 aliphatic heterocycles. The largest absolute Gasteiger partial charge is 0.339 e. The van der Waals surface area contributed by atoms with Gasteiger partial charge in [-0.15, -0.1) is 11.8 Å². The molecule has 0 spiro atoms. The van der Waals surface area contributed by atoms with Gasteiger partial charge in [-0.05, 0) is 42.7 Å². The zero-order valence-corrected chi connectivity index (χ0v) is 16.7. The van der Waals surface area contributed by atoms with Crippen LogP contribution < -0.4 is 0 Å². The first kappa shape index (κ1) is 19.5. The minimum atomic E-state index is -0.242. The maximum Gasteiger partial charge on any atom is 0.233 e. The zero-order chi connectivity index (χ0) is 19.2. The molecule has 1 aliphatic rings. The van der Waals surface area contributed by atoms with E-state index < -0.39 is 0 Å². The first-order chi connectivity index (χ1) is 13.1. The number of hydrogen-bond acceptors (Lipinski definition) is 4. The Bertz CT molecular complexity index is 823. The topological polar surface area (TPSA) is 47.3 Å². The molecule has 0 N–H and O–H groups in total. The molecule has 0 aliphatic carbocycles. The predicted molar refractivity (Wildman–Crippen MR) is 110 cm³/mol. The number of nitrogens with zero attached hydrogens (tertiary/aromatic N) is 3. The SMILES string of the molecule is Cc1ccc(SCC(=O)N2CCN([C@@H](C#N)c3ccccc3)CC2)cc1C. The van der Waals surface area contributed by atoms with E-state index in [0.717, 1.165) is 23.5 Å². The van der Waals surface area contributed by atoms with Gasteiger partial charge in [0.05, 0.1) is 11.8 Å². The first-order valence-corrected chi connectivity index (χ1v) is 10.2. The van der Waals surface area contributed by atoms with Gasteiger partial charge in [0, 0.05) is 31.1 Å². The third-order valence-electron chi connectivity index (χ3n) is 5.11. The highest BCUT2D eigenvalue weighted by molar-refractivity contribution is 8.00. The maximum absolute atomic E-state index is 12.6. The summed E-state index contributed by atoms with van der Waals surface area (Å²) in [6.07, 6.45) is 0. The summed E-state index contributed by atoms with van der Waals surface area (Å²) < 4.78 is 0. The Morgan fingerprint density at radius 1 is 1.07 bits per heavy atom. The molecule has 0 saturated carbocycles. The van der Waals surface area contributed by atoms with Gasteiger partial charge in [0.25, 0.3) is 0 Å². The van der Waals surface area contributed by atoms with Crippen LogP contribution in [0.4, 0.5) is 0 Å². The van der Waals surface area contributed by atoms with E-state index in [1.807, 2.05) is 35.2 Å². The number of rotatable bonds is 5. The van der Waals surface area contributed by atoms with Gasteiger partial charge in [-0.3, -0.25) is 9.69 Å². The lowest BCUT2D eigenvalue weighted by atomic mass is 10.1. The lowest BCUT2D eigenvalue weighted by Gasteiger charge is -2.37. The molecule has 1 saturated heterocycles. The summed E-state index contributed by atoms with van der Waals surface area (Å²) in [5.41, 5.74) is 3.54. The van der Waals surface area contributed by atoms with Gasteiger partial charge in [0.2, 0.25) is 5.91 Å². The van der Waals surface area contributed by atoms with Crippen molar-refractivity contribution in [2.45, 2.75) is 24.8 Å². The minimum Gasteiger partial charge on any atom is -0.339 e. The van der Waals surface area contributed by atoms with Gasteiger partial charge in [-0.25, -0.2) is 0 Å². The molecular formula is C22H25N3OS. The number of benzene rings is 2. The fraction of sp³-hybridized carbons (Fsp3) is 0.364. The Hall–Kier alpha value is -2.29. The van der Waals surface area contributed by atoms with Crippen molar-refractivity contribution < 1.29 is 4.79 Å². The fourth-order valence-electron chi connectivity index (χ4n) is 3.27. The van der Waals surface area contributed by atoms with Crippen molar-refractivity contribution in [2.24, 2.45) is 0 Å². The van der Waals surface area contributed by atoms with E-state index >= 15 is 0 Å². The quantitative estimate of drug-likeness (QED) is 0.742. The van der Waals surface area contributed by atoms with Crippen molar-refractivity contribution in [1.29, 1.82) is 5.26 Å². The van der Waals surface area contributed by atoms with Gasteiger partial charge in [-0.2, -0.15) is 5.26 Å². The average molecular weight is 380 g/mol. The highest BCUT2D eigenvalue weighted by Crippen LogP contribution is 2.23. The lowest BCUT2D eigenvalue weighted by molar-refractivity contribution is -0.130. The number of carbonyl (C=O) groups is 1. The molecule has 2 aromatic rings. The minimum absolute atomic E-state index is 0.172. The summed E-state index contributed by atoms with van der Waals surface area (Å²) in [6, 6.07) is 18.4. The first-order valence-electron chi connectivity index (χ1n) is 9.25. The molecule has 1 amide bonds. The molecule has 2 aromatic carbocycles. The average Bonchev–Trinajstić information content (AvgIpc) is 2.70. The fourth-order valence-corrected chi connectivity index (χ4v) is 4.17. The van der Waals surface area contributed by atoms with E-state index in [2.05, 4.69) is 43.0 Å². The molecule has 0 unspecified atom stereocenters. The number of piperazine rings is 1. The van der Waals surface area contributed by atoms with E-state index in [0.29, 0.717) is 18.8 Å². The van der Waals surface area contributed by atoms with Crippen LogP contribution in [0, 0.1) is 25.2 Å². The van der Waals surface area contributed by atoms with E-state index in [-0.39, 0.29) is 11.9 Å². The van der Waals surface area contributed by atoms with Crippen LogP contribution in [0.3, 0.4) is 0 Å². The molecule has 4 nitrogen and oxygen atoms in total. The van der Waals surface area contributed by atoms with Crippen LogP contribution in [0.15, 0.2) is 53.4 Å². The van der Waals surface area contributed by atoms with Crippen molar-refractivity contribution >= 4 is 17.7 Å². The zero-order valence-electron chi connectivity index (χ0n) is 15.9. The predicted octanol–water partition coefficient (Wildman–Crippen LogP) is 3.80. The van der Waals surface area contributed by atoms with Gasteiger partial charge >= 0.3 is 0 Å². The molecule has 3 rings (SSSR count). The van der Waals surface area contributed by atoms with Crippen LogP contribution >= 0.6 is 11.8 Å². The van der Waals surface area contributed by atoms with E-state index in [1.165, 1.54) is 11.1 Å². The summed E-state index contributed by atoms with van der Waals surface area (Å²) in [4.78, 5) is 17.8. The molecular weight excluding hydrogens is 354 g/mol. The summed E-state index contributed by atoms with van der Waals surface area (Å²) in [6.45, 7) is 7.01. The van der Waals surface area contributed by atoms with E-state index in [1.54, 1.807) is 11.8 Å². The van der Waals surface area contributed by atoms with E-state index in [4.69, 9.17) is 0 Å². The second-order valence-corrected chi connectivity index (χ2v) is 7.94. The van der Waals surface area contributed by atoms with Crippen molar-refractivity contribution in [3.05, 3.63) is 65.2 Å². The third kappa shape index (κ3) is 4.91. The van der Waals surface area contributed by atoms with Gasteiger partial charge < -0.3 is 4.90 Å². The Kier molecular flexibility index (Phi) is 6.54. The van der Waals surface area contributed by atoms with Crippen LogP contribution in [0.1, 0.15) is 22.7 Å². The highest BCUT2D eigenvalue weighted by atomic mass is 32.2. The van der Waals surface area contributed by atoms with Crippen LogP contribution in [0.5, 0.6) is 0 Å². The second kappa shape index (κ2) is 9.07. The van der Waals surface area contributed by atoms with Gasteiger partial charge in [0.15, 0.2) is 0 Å². The lowest BCUT2D eigenvalue weighted by Crippen LogP contribution is -2.50. The monoisotopic (exact) mass is 379 g/mol. The Balaban J connectivity index is 1.51. The number of carbonyl (C=O) groups excluding carboxylic acids is 1. The Labute approximate surface area is 165 Å². The molecule has 0 bridgehead atoms. The number of aryl methyl sites for hydroxylation is 2. The van der Waals surface area contributed by atoms with Gasteiger partial charge in [0.1, 0.15) is 6.04 Å². The normalized spacial score (nSPS) is 16.0. The molecule has 5 heteroatoms. The molecule has 1 heterocycles.